The third-order valence-corrected chi connectivity index (χ3v) is 2.77. The lowest BCUT2D eigenvalue weighted by atomic mass is 10.0. The van der Waals surface area contributed by atoms with Crippen LogP contribution in [0, 0.1) is 0 Å². The molecule has 0 aliphatic heterocycles. The van der Waals surface area contributed by atoms with Crippen molar-refractivity contribution in [3.05, 3.63) is 53.2 Å². The van der Waals surface area contributed by atoms with Crippen LogP contribution in [0.4, 0.5) is 0 Å². The lowest BCUT2D eigenvalue weighted by Gasteiger charge is -2.05. The molecule has 1 aromatic carbocycles. The minimum atomic E-state index is -1.09. The van der Waals surface area contributed by atoms with Crippen LogP contribution in [-0.2, 0) is 6.42 Å². The molecular formula is C14H15NO3. The highest BCUT2D eigenvalue weighted by molar-refractivity contribution is 5.83. The zero-order chi connectivity index (χ0) is 13.1. The van der Waals surface area contributed by atoms with Gasteiger partial charge in [-0.15, -0.1) is 0 Å². The number of carboxylic acids is 1. The Hall–Kier alpha value is -2.10. The van der Waals surface area contributed by atoms with Crippen molar-refractivity contribution in [1.29, 1.82) is 0 Å². The van der Waals surface area contributed by atoms with E-state index < -0.39 is 5.97 Å². The third-order valence-electron chi connectivity index (χ3n) is 2.77. The third kappa shape index (κ3) is 2.77. The van der Waals surface area contributed by atoms with Gasteiger partial charge in [-0.3, -0.25) is 0 Å². The van der Waals surface area contributed by atoms with Gasteiger partial charge in [0.2, 0.25) is 5.76 Å². The summed E-state index contributed by atoms with van der Waals surface area (Å²) < 4.78 is 5.12. The minimum absolute atomic E-state index is 0.121. The van der Waals surface area contributed by atoms with Crippen molar-refractivity contribution >= 4 is 5.97 Å². The van der Waals surface area contributed by atoms with E-state index in [1.807, 2.05) is 12.1 Å². The van der Waals surface area contributed by atoms with Gasteiger partial charge in [0.15, 0.2) is 5.89 Å². The maximum absolute atomic E-state index is 10.7. The molecule has 2 aromatic rings. The summed E-state index contributed by atoms with van der Waals surface area (Å²) in [6.07, 6.45) is 1.74. The molecule has 1 N–H and O–H groups in total. The maximum Gasteiger partial charge on any atom is 0.373 e. The number of aromatic carboxylic acids is 1. The number of hydrogen-bond donors (Lipinski definition) is 1. The summed E-state index contributed by atoms with van der Waals surface area (Å²) in [6.45, 7) is 4.28. The summed E-state index contributed by atoms with van der Waals surface area (Å²) in [4.78, 5) is 14.6. The lowest BCUT2D eigenvalue weighted by molar-refractivity contribution is 0.0660. The molecule has 1 aromatic heterocycles. The van der Waals surface area contributed by atoms with E-state index in [2.05, 4.69) is 31.0 Å². The Balaban J connectivity index is 2.10. The van der Waals surface area contributed by atoms with E-state index >= 15 is 0 Å². The average Bonchev–Trinajstić information content (AvgIpc) is 2.78. The van der Waals surface area contributed by atoms with E-state index in [9.17, 15) is 4.79 Å². The Labute approximate surface area is 105 Å². The van der Waals surface area contributed by atoms with Crippen molar-refractivity contribution in [2.24, 2.45) is 0 Å². The molecule has 0 unspecified atom stereocenters. The van der Waals surface area contributed by atoms with E-state index in [4.69, 9.17) is 9.52 Å². The second-order valence-corrected chi connectivity index (χ2v) is 4.50. The standard InChI is InChI=1S/C14H15NO3/c1-9(2)11-5-3-10(4-6-11)7-13-15-8-12(18-13)14(16)17/h3-6,8-9H,7H2,1-2H3,(H,16,17). The van der Waals surface area contributed by atoms with Crippen LogP contribution < -0.4 is 0 Å². The zero-order valence-corrected chi connectivity index (χ0v) is 10.4. The highest BCUT2D eigenvalue weighted by Crippen LogP contribution is 2.16. The Kier molecular flexibility index (Phi) is 3.46. The van der Waals surface area contributed by atoms with Crippen LogP contribution in [0.1, 0.15) is 47.3 Å². The molecule has 4 heteroatoms. The van der Waals surface area contributed by atoms with Gasteiger partial charge in [0, 0.05) is 6.42 Å². The van der Waals surface area contributed by atoms with E-state index in [0.29, 0.717) is 18.2 Å². The van der Waals surface area contributed by atoms with Gasteiger partial charge in [-0.2, -0.15) is 0 Å². The molecule has 0 aliphatic carbocycles. The molecule has 4 nitrogen and oxygen atoms in total. The minimum Gasteiger partial charge on any atom is -0.475 e. The van der Waals surface area contributed by atoms with E-state index in [-0.39, 0.29) is 5.76 Å². The molecule has 0 spiro atoms. The van der Waals surface area contributed by atoms with Gasteiger partial charge in [0.05, 0.1) is 6.20 Å². The first-order chi connectivity index (χ1) is 8.56. The van der Waals surface area contributed by atoms with Crippen LogP contribution in [0.15, 0.2) is 34.9 Å². The molecule has 0 atom stereocenters. The predicted octanol–water partition coefficient (Wildman–Crippen LogP) is 3.09. The Morgan fingerprint density at radius 2 is 2.00 bits per heavy atom. The van der Waals surface area contributed by atoms with Crippen LogP contribution in [0.25, 0.3) is 0 Å². The van der Waals surface area contributed by atoms with E-state index in [1.54, 1.807) is 0 Å². The van der Waals surface area contributed by atoms with Crippen molar-refractivity contribution in [2.75, 3.05) is 0 Å². The number of nitrogens with zero attached hydrogens (tertiary/aromatic N) is 1. The summed E-state index contributed by atoms with van der Waals surface area (Å²) >= 11 is 0. The Morgan fingerprint density at radius 1 is 1.33 bits per heavy atom. The molecular weight excluding hydrogens is 230 g/mol. The maximum atomic E-state index is 10.7. The van der Waals surface area contributed by atoms with Gasteiger partial charge >= 0.3 is 5.97 Å². The number of hydrogen-bond acceptors (Lipinski definition) is 3. The number of oxazole rings is 1. The Morgan fingerprint density at radius 3 is 2.50 bits per heavy atom. The molecule has 0 radical (unpaired) electrons. The fourth-order valence-electron chi connectivity index (χ4n) is 1.69. The second-order valence-electron chi connectivity index (χ2n) is 4.50. The molecule has 0 saturated heterocycles. The first kappa shape index (κ1) is 12.4. The molecule has 94 valence electrons. The van der Waals surface area contributed by atoms with E-state index in [0.717, 1.165) is 5.56 Å². The van der Waals surface area contributed by atoms with Crippen molar-refractivity contribution in [3.8, 4) is 0 Å². The van der Waals surface area contributed by atoms with Crippen molar-refractivity contribution in [2.45, 2.75) is 26.2 Å². The van der Waals surface area contributed by atoms with Gasteiger partial charge in [-0.05, 0) is 17.0 Å². The lowest BCUT2D eigenvalue weighted by Crippen LogP contribution is -1.93. The van der Waals surface area contributed by atoms with Crippen LogP contribution in [0.2, 0.25) is 0 Å². The van der Waals surface area contributed by atoms with Crippen molar-refractivity contribution < 1.29 is 14.3 Å². The smallest absolute Gasteiger partial charge is 0.373 e. The fourth-order valence-corrected chi connectivity index (χ4v) is 1.69. The summed E-state index contributed by atoms with van der Waals surface area (Å²) in [7, 11) is 0. The molecule has 2 rings (SSSR count). The molecule has 1 heterocycles. The highest BCUT2D eigenvalue weighted by atomic mass is 16.4. The highest BCUT2D eigenvalue weighted by Gasteiger charge is 2.10. The average molecular weight is 245 g/mol. The van der Waals surface area contributed by atoms with Gasteiger partial charge in [-0.1, -0.05) is 38.1 Å². The number of carbonyl (C=O) groups is 1. The Bertz CT molecular complexity index is 540. The monoisotopic (exact) mass is 245 g/mol. The first-order valence-electron chi connectivity index (χ1n) is 5.83. The number of carboxylic acid groups (broad SMARTS) is 1. The summed E-state index contributed by atoms with van der Waals surface area (Å²) in [5.74, 6) is -0.295. The van der Waals surface area contributed by atoms with Gasteiger partial charge < -0.3 is 9.52 Å². The molecule has 0 aliphatic rings. The van der Waals surface area contributed by atoms with Gasteiger partial charge in [0.25, 0.3) is 0 Å². The fraction of sp³-hybridized carbons (Fsp3) is 0.286. The topological polar surface area (TPSA) is 63.3 Å². The molecule has 18 heavy (non-hydrogen) atoms. The van der Waals surface area contributed by atoms with Crippen LogP contribution in [0.5, 0.6) is 0 Å². The first-order valence-corrected chi connectivity index (χ1v) is 5.83. The molecule has 0 amide bonds. The predicted molar refractivity (Wildman–Crippen MR) is 66.8 cm³/mol. The molecule has 0 saturated carbocycles. The summed E-state index contributed by atoms with van der Waals surface area (Å²) in [5.41, 5.74) is 2.33. The van der Waals surface area contributed by atoms with Gasteiger partial charge in [-0.25, -0.2) is 9.78 Å². The van der Waals surface area contributed by atoms with Crippen LogP contribution >= 0.6 is 0 Å². The van der Waals surface area contributed by atoms with Crippen LogP contribution in [0.3, 0.4) is 0 Å². The number of benzene rings is 1. The van der Waals surface area contributed by atoms with Crippen LogP contribution in [-0.4, -0.2) is 16.1 Å². The quantitative estimate of drug-likeness (QED) is 0.899. The molecule has 0 fully saturated rings. The number of rotatable bonds is 4. The van der Waals surface area contributed by atoms with Gasteiger partial charge in [0.1, 0.15) is 0 Å². The van der Waals surface area contributed by atoms with Crippen molar-refractivity contribution in [1.82, 2.24) is 4.98 Å². The zero-order valence-electron chi connectivity index (χ0n) is 10.4. The summed E-state index contributed by atoms with van der Waals surface area (Å²) in [6, 6.07) is 8.17. The number of aromatic nitrogens is 1. The normalized spacial score (nSPS) is 10.8. The molecule has 0 bridgehead atoms. The van der Waals surface area contributed by atoms with E-state index in [1.165, 1.54) is 11.8 Å². The summed E-state index contributed by atoms with van der Waals surface area (Å²) in [5, 5.41) is 8.73. The SMILES string of the molecule is CC(C)c1ccc(Cc2ncc(C(=O)O)o2)cc1. The second kappa shape index (κ2) is 5.04. The largest absolute Gasteiger partial charge is 0.475 e. The van der Waals surface area contributed by atoms with Crippen molar-refractivity contribution in [3.63, 3.8) is 0 Å².